The van der Waals surface area contributed by atoms with E-state index in [4.69, 9.17) is 0 Å². The van der Waals surface area contributed by atoms with Gasteiger partial charge in [0.25, 0.3) is 5.56 Å². The predicted octanol–water partition coefficient (Wildman–Crippen LogP) is 3.53. The Balaban J connectivity index is 2.42. The van der Waals surface area contributed by atoms with Gasteiger partial charge in [-0.1, -0.05) is 12.1 Å². The van der Waals surface area contributed by atoms with E-state index >= 15 is 0 Å². The number of aromatic nitrogens is 2. The summed E-state index contributed by atoms with van der Waals surface area (Å²) in [6.07, 6.45) is 0. The van der Waals surface area contributed by atoms with E-state index in [0.717, 1.165) is 11.1 Å². The van der Waals surface area contributed by atoms with Gasteiger partial charge in [0.1, 0.15) is 11.5 Å². The van der Waals surface area contributed by atoms with Crippen molar-refractivity contribution in [2.24, 2.45) is 0 Å². The molecule has 21 heavy (non-hydrogen) atoms. The van der Waals surface area contributed by atoms with Crippen LogP contribution in [0, 0.1) is 12.7 Å². The summed E-state index contributed by atoms with van der Waals surface area (Å²) < 4.78 is 15.1. The molecule has 0 radical (unpaired) electrons. The average molecular weight is 282 g/mol. The second-order valence-corrected chi connectivity index (χ2v) is 4.97. The predicted molar refractivity (Wildman–Crippen MR) is 81.8 cm³/mol. The van der Waals surface area contributed by atoms with Gasteiger partial charge < -0.3 is 0 Å². The first-order valence-electron chi connectivity index (χ1n) is 6.87. The van der Waals surface area contributed by atoms with E-state index in [9.17, 15) is 9.18 Å². The highest BCUT2D eigenvalue weighted by atomic mass is 19.1. The van der Waals surface area contributed by atoms with Crippen molar-refractivity contribution < 1.29 is 4.39 Å². The number of aryl methyl sites for hydroxylation is 2. The summed E-state index contributed by atoms with van der Waals surface area (Å²) in [6.45, 7) is 4.35. The lowest BCUT2D eigenvalue weighted by Gasteiger charge is -2.12. The van der Waals surface area contributed by atoms with E-state index in [1.807, 2.05) is 26.0 Å². The summed E-state index contributed by atoms with van der Waals surface area (Å²) in [4.78, 5) is 16.8. The topological polar surface area (TPSA) is 34.9 Å². The molecule has 3 nitrogen and oxygen atoms in total. The van der Waals surface area contributed by atoms with Gasteiger partial charge in [0.2, 0.25) is 0 Å². The van der Waals surface area contributed by atoms with E-state index in [1.165, 1.54) is 12.1 Å². The maximum Gasteiger partial charge on any atom is 0.252 e. The zero-order valence-corrected chi connectivity index (χ0v) is 11.9. The summed E-state index contributed by atoms with van der Waals surface area (Å²) in [5.41, 5.74) is 2.77. The summed E-state index contributed by atoms with van der Waals surface area (Å²) in [5.74, 6) is -0.319. The smallest absolute Gasteiger partial charge is 0.252 e. The largest absolute Gasteiger partial charge is 0.293 e. The van der Waals surface area contributed by atoms with Gasteiger partial charge in [-0.25, -0.2) is 9.37 Å². The van der Waals surface area contributed by atoms with Crippen molar-refractivity contribution in [3.8, 4) is 11.1 Å². The van der Waals surface area contributed by atoms with E-state index in [-0.39, 0.29) is 11.4 Å². The number of pyridine rings is 2. The molecule has 2 heterocycles. The van der Waals surface area contributed by atoms with Crippen molar-refractivity contribution in [3.05, 3.63) is 64.3 Å². The molecule has 0 saturated carbocycles. The van der Waals surface area contributed by atoms with Crippen LogP contribution in [0.15, 0.2) is 47.3 Å². The normalized spacial score (nSPS) is 11.0. The van der Waals surface area contributed by atoms with Crippen LogP contribution in [0.3, 0.4) is 0 Å². The Hall–Kier alpha value is -2.49. The van der Waals surface area contributed by atoms with Gasteiger partial charge in [-0.3, -0.25) is 9.36 Å². The highest BCUT2D eigenvalue weighted by Gasteiger charge is 2.11. The first kappa shape index (κ1) is 13.5. The quantitative estimate of drug-likeness (QED) is 0.720. The average Bonchev–Trinajstić information content (AvgIpc) is 2.46. The van der Waals surface area contributed by atoms with Crippen molar-refractivity contribution >= 4 is 11.0 Å². The van der Waals surface area contributed by atoms with Gasteiger partial charge in [0.15, 0.2) is 0 Å². The van der Waals surface area contributed by atoms with Crippen LogP contribution in [0.1, 0.15) is 12.6 Å². The molecule has 0 fully saturated rings. The monoisotopic (exact) mass is 282 g/mol. The number of hydrogen-bond acceptors (Lipinski definition) is 2. The molecule has 0 amide bonds. The van der Waals surface area contributed by atoms with Crippen LogP contribution in [0.5, 0.6) is 0 Å². The lowest BCUT2D eigenvalue weighted by Crippen LogP contribution is -2.20. The summed E-state index contributed by atoms with van der Waals surface area (Å²) in [6, 6.07) is 11.7. The Labute approximate surface area is 121 Å². The molecule has 4 heteroatoms. The maximum atomic E-state index is 13.5. The van der Waals surface area contributed by atoms with Crippen molar-refractivity contribution in [3.63, 3.8) is 0 Å². The third kappa shape index (κ3) is 2.33. The summed E-state index contributed by atoms with van der Waals surface area (Å²) >= 11 is 0. The van der Waals surface area contributed by atoms with Crippen molar-refractivity contribution in [2.45, 2.75) is 20.4 Å². The molecular formula is C17H15FN2O. The fourth-order valence-electron chi connectivity index (χ4n) is 2.54. The molecule has 0 aliphatic carbocycles. The van der Waals surface area contributed by atoms with Crippen molar-refractivity contribution in [1.29, 1.82) is 0 Å². The van der Waals surface area contributed by atoms with Gasteiger partial charge in [-0.15, -0.1) is 0 Å². The standard InChI is InChI=1S/C17H15FN2O/c1-3-20-16(21)10-15(12-5-4-6-13(18)9-12)14-8-7-11(2)19-17(14)20/h4-10H,3H2,1-2H3. The Morgan fingerprint density at radius 1 is 1.19 bits per heavy atom. The zero-order valence-electron chi connectivity index (χ0n) is 11.9. The van der Waals surface area contributed by atoms with Crippen LogP contribution in [-0.2, 0) is 6.54 Å². The van der Waals surface area contributed by atoms with Crippen LogP contribution < -0.4 is 5.56 Å². The van der Waals surface area contributed by atoms with Crippen LogP contribution in [0.25, 0.3) is 22.2 Å². The lowest BCUT2D eigenvalue weighted by atomic mass is 10.0. The van der Waals surface area contributed by atoms with Crippen LogP contribution in [-0.4, -0.2) is 9.55 Å². The van der Waals surface area contributed by atoms with Crippen molar-refractivity contribution in [1.82, 2.24) is 9.55 Å². The second kappa shape index (κ2) is 5.13. The van der Waals surface area contributed by atoms with Crippen LogP contribution in [0.2, 0.25) is 0 Å². The maximum absolute atomic E-state index is 13.5. The third-order valence-electron chi connectivity index (χ3n) is 3.55. The van der Waals surface area contributed by atoms with Gasteiger partial charge in [-0.05, 0) is 49.2 Å². The summed E-state index contributed by atoms with van der Waals surface area (Å²) in [7, 11) is 0. The van der Waals surface area contributed by atoms with E-state index < -0.39 is 0 Å². The van der Waals surface area contributed by atoms with Gasteiger partial charge in [0, 0.05) is 23.7 Å². The molecule has 0 spiro atoms. The molecule has 0 atom stereocenters. The van der Waals surface area contributed by atoms with Crippen LogP contribution >= 0.6 is 0 Å². The molecule has 0 bridgehead atoms. The van der Waals surface area contributed by atoms with Gasteiger partial charge >= 0.3 is 0 Å². The molecule has 0 N–H and O–H groups in total. The molecule has 0 saturated heterocycles. The molecular weight excluding hydrogens is 267 g/mol. The number of nitrogens with zero attached hydrogens (tertiary/aromatic N) is 2. The molecule has 106 valence electrons. The zero-order chi connectivity index (χ0) is 15.0. The fraction of sp³-hybridized carbons (Fsp3) is 0.176. The highest BCUT2D eigenvalue weighted by Crippen LogP contribution is 2.27. The molecule has 0 unspecified atom stereocenters. The molecule has 0 aliphatic rings. The van der Waals surface area contributed by atoms with E-state index in [1.54, 1.807) is 22.8 Å². The first-order valence-corrected chi connectivity index (χ1v) is 6.87. The third-order valence-corrected chi connectivity index (χ3v) is 3.55. The minimum absolute atomic E-state index is 0.123. The number of hydrogen-bond donors (Lipinski definition) is 0. The minimum Gasteiger partial charge on any atom is -0.293 e. The minimum atomic E-state index is -0.319. The number of rotatable bonds is 2. The first-order chi connectivity index (χ1) is 10.1. The molecule has 2 aromatic heterocycles. The van der Waals surface area contributed by atoms with Crippen molar-refractivity contribution in [2.75, 3.05) is 0 Å². The Morgan fingerprint density at radius 3 is 2.71 bits per heavy atom. The molecule has 3 aromatic rings. The van der Waals surface area contributed by atoms with Crippen LogP contribution in [0.4, 0.5) is 4.39 Å². The van der Waals surface area contributed by atoms with Gasteiger partial charge in [-0.2, -0.15) is 0 Å². The summed E-state index contributed by atoms with van der Waals surface area (Å²) in [5, 5.41) is 0.854. The van der Waals surface area contributed by atoms with E-state index in [2.05, 4.69) is 4.98 Å². The highest BCUT2D eigenvalue weighted by molar-refractivity contribution is 5.92. The molecule has 3 rings (SSSR count). The lowest BCUT2D eigenvalue weighted by molar-refractivity contribution is 0.628. The molecule has 1 aromatic carbocycles. The number of halogens is 1. The number of fused-ring (bicyclic) bond motifs is 1. The Morgan fingerprint density at radius 2 is 2.00 bits per heavy atom. The van der Waals surface area contributed by atoms with E-state index in [0.29, 0.717) is 23.3 Å². The van der Waals surface area contributed by atoms with Gasteiger partial charge in [0.05, 0.1) is 0 Å². The molecule has 0 aliphatic heterocycles. The fourth-order valence-corrected chi connectivity index (χ4v) is 2.54. The Kier molecular flexibility index (Phi) is 3.29. The Bertz CT molecular complexity index is 884. The second-order valence-electron chi connectivity index (χ2n) is 4.97. The SMILES string of the molecule is CCn1c(=O)cc(-c2cccc(F)c2)c2ccc(C)nc21. The number of benzene rings is 1.